The van der Waals surface area contributed by atoms with E-state index in [1.165, 1.54) is 6.07 Å². The van der Waals surface area contributed by atoms with Gasteiger partial charge in [-0.1, -0.05) is 0 Å². The van der Waals surface area contributed by atoms with Crippen molar-refractivity contribution in [2.24, 2.45) is 0 Å². The van der Waals surface area contributed by atoms with Gasteiger partial charge >= 0.3 is 136 Å². The fraction of sp³-hybridized carbons (Fsp3) is 0.333. The molecule has 0 amide bonds. The molecule has 1 aliphatic rings. The summed E-state index contributed by atoms with van der Waals surface area (Å²) in [6.45, 7) is 1.81. The van der Waals surface area contributed by atoms with Crippen molar-refractivity contribution in [3.63, 3.8) is 0 Å². The van der Waals surface area contributed by atoms with Gasteiger partial charge in [0.05, 0.1) is 0 Å². The average molecular weight is 355 g/mol. The molecule has 2 aromatic heterocycles. The second-order valence-electron chi connectivity index (χ2n) is 5.21. The number of piperidine rings is 1. The van der Waals surface area contributed by atoms with E-state index in [-0.39, 0.29) is 11.5 Å². The molecule has 0 saturated carbocycles. The van der Waals surface area contributed by atoms with Crippen LogP contribution in [0.4, 0.5) is 0 Å². The van der Waals surface area contributed by atoms with Gasteiger partial charge in [-0.2, -0.15) is 0 Å². The molecule has 2 N–H and O–H groups in total. The van der Waals surface area contributed by atoms with Crippen molar-refractivity contribution in [1.29, 1.82) is 5.26 Å². The summed E-state index contributed by atoms with van der Waals surface area (Å²) in [4.78, 5) is 23.2. The topological polar surface area (TPSA) is 94.5 Å². The summed E-state index contributed by atoms with van der Waals surface area (Å²) in [5, 5.41) is 12.8. The second-order valence-corrected chi connectivity index (χ2v) is 6.10. The molecule has 2 aromatic rings. The Kier molecular flexibility index (Phi) is 4.37. The number of aromatic amines is 1. The molecule has 0 bridgehead atoms. The zero-order valence-electron chi connectivity index (χ0n) is 11.8. The van der Waals surface area contributed by atoms with Crippen molar-refractivity contribution >= 4 is 21.3 Å². The molecular formula is C15H14AsN5O. The van der Waals surface area contributed by atoms with Crippen molar-refractivity contribution in [3.05, 3.63) is 39.8 Å². The molecular weight excluding hydrogens is 341 g/mol. The quantitative estimate of drug-likeness (QED) is 0.738. The number of nitrogens with one attached hydrogen (secondary N) is 2. The van der Waals surface area contributed by atoms with Crippen LogP contribution < -0.4 is 15.4 Å². The van der Waals surface area contributed by atoms with Gasteiger partial charge in [0.1, 0.15) is 0 Å². The summed E-state index contributed by atoms with van der Waals surface area (Å²) >= 11 is 2.32. The van der Waals surface area contributed by atoms with Crippen molar-refractivity contribution in [1.82, 2.24) is 20.3 Å². The van der Waals surface area contributed by atoms with E-state index in [2.05, 4.69) is 43.2 Å². The Bertz CT molecular complexity index is 789. The van der Waals surface area contributed by atoms with Gasteiger partial charge in [-0.15, -0.1) is 0 Å². The van der Waals surface area contributed by atoms with Crippen LogP contribution in [0.25, 0.3) is 11.5 Å². The SMILES string of the molecule is N#Cc1c([As])nc(-c2cccc(=O)[nH]2)nc1C1CCCNC1. The molecule has 1 aliphatic heterocycles. The van der Waals surface area contributed by atoms with Crippen LogP contribution in [-0.4, -0.2) is 44.9 Å². The molecule has 0 spiro atoms. The van der Waals surface area contributed by atoms with Crippen molar-refractivity contribution in [3.8, 4) is 17.6 Å². The summed E-state index contributed by atoms with van der Waals surface area (Å²) in [6.07, 6.45) is 2.06. The molecule has 1 saturated heterocycles. The van der Waals surface area contributed by atoms with E-state index in [4.69, 9.17) is 0 Å². The van der Waals surface area contributed by atoms with Crippen LogP contribution in [0.2, 0.25) is 0 Å². The van der Waals surface area contributed by atoms with Gasteiger partial charge in [0, 0.05) is 0 Å². The van der Waals surface area contributed by atoms with Gasteiger partial charge < -0.3 is 0 Å². The first-order valence-electron chi connectivity index (χ1n) is 7.10. The normalized spacial score (nSPS) is 17.9. The fourth-order valence-corrected chi connectivity index (χ4v) is 3.20. The van der Waals surface area contributed by atoms with Gasteiger partial charge in [-0.3, -0.25) is 0 Å². The summed E-state index contributed by atoms with van der Waals surface area (Å²) < 4.78 is 0.588. The third-order valence-electron chi connectivity index (χ3n) is 3.72. The third-order valence-corrected chi connectivity index (χ3v) is 4.40. The monoisotopic (exact) mass is 355 g/mol. The summed E-state index contributed by atoms with van der Waals surface area (Å²) in [6, 6.07) is 7.09. The van der Waals surface area contributed by atoms with Crippen molar-refractivity contribution in [2.75, 3.05) is 13.1 Å². The van der Waals surface area contributed by atoms with Crippen LogP contribution in [0.3, 0.4) is 0 Å². The van der Waals surface area contributed by atoms with E-state index < -0.39 is 0 Å². The van der Waals surface area contributed by atoms with Crippen LogP contribution in [0.15, 0.2) is 23.0 Å². The van der Waals surface area contributed by atoms with E-state index in [9.17, 15) is 10.1 Å². The Labute approximate surface area is 136 Å². The molecule has 3 rings (SSSR count). The van der Waals surface area contributed by atoms with Crippen LogP contribution in [0.1, 0.15) is 30.0 Å². The number of H-pyrrole nitrogens is 1. The number of hydrogen-bond acceptors (Lipinski definition) is 5. The predicted molar refractivity (Wildman–Crippen MR) is 83.0 cm³/mol. The first-order chi connectivity index (χ1) is 10.7. The van der Waals surface area contributed by atoms with Crippen LogP contribution in [0.5, 0.6) is 0 Å². The van der Waals surface area contributed by atoms with Crippen LogP contribution >= 0.6 is 0 Å². The molecule has 0 aromatic carbocycles. The first kappa shape index (κ1) is 15.0. The minimum atomic E-state index is -0.196. The fourth-order valence-electron chi connectivity index (χ4n) is 2.65. The predicted octanol–water partition coefficient (Wildman–Crippen LogP) is -0.0356. The Morgan fingerprint density at radius 3 is 2.91 bits per heavy atom. The molecule has 3 heterocycles. The molecule has 1 atom stereocenters. The number of nitrogens with zero attached hydrogens (tertiary/aromatic N) is 3. The standard InChI is InChI=1S/C15H14AsN5O/c16-14-10(7-17)13(9-3-2-6-18-8-9)20-15(21-14)11-4-1-5-12(22)19-11/h1,4-5,9,18H,2-3,6,8H2,(H,19,22). The Morgan fingerprint density at radius 2 is 2.23 bits per heavy atom. The van der Waals surface area contributed by atoms with Gasteiger partial charge in [0.15, 0.2) is 0 Å². The number of rotatable bonds is 2. The summed E-state index contributed by atoms with van der Waals surface area (Å²) in [7, 11) is 0. The van der Waals surface area contributed by atoms with Gasteiger partial charge in [0.2, 0.25) is 0 Å². The average Bonchev–Trinajstić information content (AvgIpc) is 2.55. The maximum atomic E-state index is 11.5. The third kappa shape index (κ3) is 2.96. The first-order valence-corrected chi connectivity index (χ1v) is 8.04. The van der Waals surface area contributed by atoms with E-state index >= 15 is 0 Å². The Hall–Kier alpha value is -1.96. The molecule has 6 nitrogen and oxygen atoms in total. The molecule has 22 heavy (non-hydrogen) atoms. The summed E-state index contributed by atoms with van der Waals surface area (Å²) in [5.41, 5.74) is 1.66. The number of pyridine rings is 1. The maximum absolute atomic E-state index is 11.5. The minimum absolute atomic E-state index is 0.196. The van der Waals surface area contributed by atoms with Gasteiger partial charge in [0.25, 0.3) is 0 Å². The molecule has 0 aliphatic carbocycles. The second kappa shape index (κ2) is 6.43. The number of hydrogen-bond donors (Lipinski definition) is 2. The Morgan fingerprint density at radius 1 is 1.36 bits per heavy atom. The number of aromatic nitrogens is 3. The van der Waals surface area contributed by atoms with Crippen molar-refractivity contribution in [2.45, 2.75) is 18.8 Å². The molecule has 1 fully saturated rings. The van der Waals surface area contributed by atoms with E-state index in [1.54, 1.807) is 12.1 Å². The zero-order valence-corrected chi connectivity index (χ0v) is 13.7. The van der Waals surface area contributed by atoms with Crippen LogP contribution in [-0.2, 0) is 0 Å². The molecule has 1 unspecified atom stereocenters. The van der Waals surface area contributed by atoms with Gasteiger partial charge in [-0.05, 0) is 0 Å². The zero-order chi connectivity index (χ0) is 15.5. The Balaban J connectivity index is 2.12. The number of nitriles is 1. The van der Waals surface area contributed by atoms with Gasteiger partial charge in [-0.25, -0.2) is 0 Å². The molecule has 7 heteroatoms. The van der Waals surface area contributed by atoms with E-state index in [1.807, 2.05) is 0 Å². The van der Waals surface area contributed by atoms with E-state index in [0.29, 0.717) is 21.6 Å². The van der Waals surface area contributed by atoms with Crippen molar-refractivity contribution < 1.29 is 0 Å². The van der Waals surface area contributed by atoms with Crippen LogP contribution in [0, 0.1) is 11.3 Å². The molecule has 110 valence electrons. The van der Waals surface area contributed by atoms with E-state index in [0.717, 1.165) is 31.6 Å². The summed E-state index contributed by atoms with van der Waals surface area (Å²) in [5.74, 6) is 0.649. The molecule has 2 radical (unpaired) electrons.